The minimum absolute atomic E-state index is 0.0764. The van der Waals surface area contributed by atoms with Crippen molar-refractivity contribution >= 4 is 5.91 Å². The molecule has 1 fully saturated rings. The molecule has 2 unspecified atom stereocenters. The maximum absolute atomic E-state index is 12.3. The summed E-state index contributed by atoms with van der Waals surface area (Å²) in [6, 6.07) is 10.7. The SMILES string of the molecule is CC1NNC(C)C1CC(=O)NC(C)(C)COCc1ccccc1. The van der Waals surface area contributed by atoms with Gasteiger partial charge in [-0.3, -0.25) is 15.6 Å². The summed E-state index contributed by atoms with van der Waals surface area (Å²) in [5, 5.41) is 3.09. The van der Waals surface area contributed by atoms with Crippen LogP contribution in [0, 0.1) is 5.92 Å². The van der Waals surface area contributed by atoms with Crippen LogP contribution < -0.4 is 16.2 Å². The van der Waals surface area contributed by atoms with Crippen LogP contribution in [0.15, 0.2) is 30.3 Å². The van der Waals surface area contributed by atoms with Crippen LogP contribution in [0.1, 0.15) is 39.7 Å². The Morgan fingerprint density at radius 2 is 1.78 bits per heavy atom. The predicted molar refractivity (Wildman–Crippen MR) is 91.6 cm³/mol. The van der Waals surface area contributed by atoms with E-state index in [0.29, 0.717) is 37.6 Å². The molecule has 1 aromatic carbocycles. The molecule has 0 saturated carbocycles. The van der Waals surface area contributed by atoms with E-state index in [1.54, 1.807) is 0 Å². The maximum Gasteiger partial charge on any atom is 0.220 e. The molecule has 1 aliphatic heterocycles. The van der Waals surface area contributed by atoms with Crippen LogP contribution in [-0.4, -0.2) is 30.1 Å². The number of ether oxygens (including phenoxy) is 1. The monoisotopic (exact) mass is 319 g/mol. The average Bonchev–Trinajstić information content (AvgIpc) is 2.79. The van der Waals surface area contributed by atoms with E-state index in [-0.39, 0.29) is 11.4 Å². The van der Waals surface area contributed by atoms with Crippen LogP contribution in [0.4, 0.5) is 0 Å². The molecule has 1 saturated heterocycles. The number of rotatable bonds is 7. The Kier molecular flexibility index (Phi) is 6.16. The van der Waals surface area contributed by atoms with E-state index in [1.165, 1.54) is 0 Å². The van der Waals surface area contributed by atoms with Gasteiger partial charge in [0, 0.05) is 24.4 Å². The van der Waals surface area contributed by atoms with Gasteiger partial charge in [0.2, 0.25) is 5.91 Å². The second-order valence-electron chi connectivity index (χ2n) is 7.14. The van der Waals surface area contributed by atoms with Gasteiger partial charge in [-0.25, -0.2) is 0 Å². The standard InChI is InChI=1S/C18H29N3O2/c1-13-16(14(2)21-20-13)10-17(22)19-18(3,4)12-23-11-15-8-6-5-7-9-15/h5-9,13-14,16,20-21H,10-12H2,1-4H3,(H,19,22). The summed E-state index contributed by atoms with van der Waals surface area (Å²) < 4.78 is 5.76. The molecule has 5 nitrogen and oxygen atoms in total. The lowest BCUT2D eigenvalue weighted by atomic mass is 9.92. The average molecular weight is 319 g/mol. The number of carbonyl (C=O) groups excluding carboxylic acids is 1. The van der Waals surface area contributed by atoms with Crippen LogP contribution in [-0.2, 0) is 16.1 Å². The second kappa shape index (κ2) is 7.90. The zero-order chi connectivity index (χ0) is 16.9. The zero-order valence-electron chi connectivity index (χ0n) is 14.6. The summed E-state index contributed by atoms with van der Waals surface area (Å²) in [7, 11) is 0. The van der Waals surface area contributed by atoms with Crippen molar-refractivity contribution < 1.29 is 9.53 Å². The zero-order valence-corrected chi connectivity index (χ0v) is 14.6. The smallest absolute Gasteiger partial charge is 0.220 e. The highest BCUT2D eigenvalue weighted by Gasteiger charge is 2.32. The first-order valence-corrected chi connectivity index (χ1v) is 8.31. The number of nitrogens with one attached hydrogen (secondary N) is 3. The van der Waals surface area contributed by atoms with Crippen molar-refractivity contribution in [1.29, 1.82) is 0 Å². The van der Waals surface area contributed by atoms with E-state index >= 15 is 0 Å². The van der Waals surface area contributed by atoms with E-state index in [0.717, 1.165) is 5.56 Å². The van der Waals surface area contributed by atoms with Crippen molar-refractivity contribution in [2.75, 3.05) is 6.61 Å². The lowest BCUT2D eigenvalue weighted by Crippen LogP contribution is -2.48. The topological polar surface area (TPSA) is 62.4 Å². The first kappa shape index (κ1) is 17.9. The minimum Gasteiger partial charge on any atom is -0.374 e. The van der Waals surface area contributed by atoms with Gasteiger partial charge in [0.05, 0.1) is 18.8 Å². The molecule has 5 heteroatoms. The Morgan fingerprint density at radius 1 is 1.17 bits per heavy atom. The van der Waals surface area contributed by atoms with Crippen LogP contribution in [0.5, 0.6) is 0 Å². The Balaban J connectivity index is 1.75. The Morgan fingerprint density at radius 3 is 2.39 bits per heavy atom. The molecule has 23 heavy (non-hydrogen) atoms. The highest BCUT2D eigenvalue weighted by atomic mass is 16.5. The Labute approximate surface area is 139 Å². The highest BCUT2D eigenvalue weighted by Crippen LogP contribution is 2.19. The van der Waals surface area contributed by atoms with Crippen molar-refractivity contribution in [1.82, 2.24) is 16.2 Å². The Bertz CT molecular complexity index is 494. The van der Waals surface area contributed by atoms with Gasteiger partial charge in [-0.2, -0.15) is 0 Å². The highest BCUT2D eigenvalue weighted by molar-refractivity contribution is 5.77. The molecule has 1 aliphatic rings. The molecule has 2 atom stereocenters. The van der Waals surface area contributed by atoms with Crippen molar-refractivity contribution in [3.63, 3.8) is 0 Å². The number of hydrogen-bond donors (Lipinski definition) is 3. The Hall–Kier alpha value is -1.43. The molecule has 1 amide bonds. The third kappa shape index (κ3) is 5.61. The molecule has 0 radical (unpaired) electrons. The molecule has 1 heterocycles. The number of benzene rings is 1. The molecule has 128 valence electrons. The van der Waals surface area contributed by atoms with E-state index in [9.17, 15) is 4.79 Å². The lowest BCUT2D eigenvalue weighted by Gasteiger charge is -2.27. The summed E-state index contributed by atoms with van der Waals surface area (Å²) >= 11 is 0. The summed E-state index contributed by atoms with van der Waals surface area (Å²) in [6.07, 6.45) is 0.518. The molecular weight excluding hydrogens is 290 g/mol. The van der Waals surface area contributed by atoms with Gasteiger partial charge in [0.15, 0.2) is 0 Å². The van der Waals surface area contributed by atoms with Gasteiger partial charge in [-0.15, -0.1) is 0 Å². The first-order valence-electron chi connectivity index (χ1n) is 8.31. The number of carbonyl (C=O) groups is 1. The quantitative estimate of drug-likeness (QED) is 0.719. The van der Waals surface area contributed by atoms with Crippen molar-refractivity contribution in [3.05, 3.63) is 35.9 Å². The normalized spacial score (nSPS) is 24.6. The first-order chi connectivity index (χ1) is 10.9. The van der Waals surface area contributed by atoms with E-state index in [4.69, 9.17) is 4.74 Å². The summed E-state index contributed by atoms with van der Waals surface area (Å²) in [5.74, 6) is 0.378. The van der Waals surface area contributed by atoms with Crippen LogP contribution in [0.2, 0.25) is 0 Å². The van der Waals surface area contributed by atoms with E-state index in [1.807, 2.05) is 44.2 Å². The second-order valence-corrected chi connectivity index (χ2v) is 7.14. The summed E-state index contributed by atoms with van der Waals surface area (Å²) in [4.78, 5) is 12.3. The summed E-state index contributed by atoms with van der Waals surface area (Å²) in [6.45, 7) is 9.23. The number of hydrogen-bond acceptors (Lipinski definition) is 4. The molecule has 0 aliphatic carbocycles. The molecule has 2 rings (SSSR count). The predicted octanol–water partition coefficient (Wildman–Crippen LogP) is 1.99. The van der Waals surface area contributed by atoms with Gasteiger partial charge in [0.25, 0.3) is 0 Å². The van der Waals surface area contributed by atoms with Crippen LogP contribution in [0.25, 0.3) is 0 Å². The fraction of sp³-hybridized carbons (Fsp3) is 0.611. The van der Waals surface area contributed by atoms with Gasteiger partial charge in [0.1, 0.15) is 0 Å². The molecule has 0 bridgehead atoms. The molecular formula is C18H29N3O2. The fourth-order valence-electron chi connectivity index (χ4n) is 2.94. The lowest BCUT2D eigenvalue weighted by molar-refractivity contribution is -0.124. The van der Waals surface area contributed by atoms with Crippen molar-refractivity contribution in [2.45, 2.75) is 58.3 Å². The largest absolute Gasteiger partial charge is 0.374 e. The third-order valence-electron chi connectivity index (χ3n) is 4.30. The van der Waals surface area contributed by atoms with E-state index in [2.05, 4.69) is 30.0 Å². The van der Waals surface area contributed by atoms with Crippen molar-refractivity contribution in [3.8, 4) is 0 Å². The van der Waals surface area contributed by atoms with Crippen LogP contribution in [0.3, 0.4) is 0 Å². The van der Waals surface area contributed by atoms with Gasteiger partial charge < -0.3 is 10.1 Å². The van der Waals surface area contributed by atoms with Crippen molar-refractivity contribution in [2.24, 2.45) is 5.92 Å². The maximum atomic E-state index is 12.3. The summed E-state index contributed by atoms with van der Waals surface area (Å²) in [5.41, 5.74) is 7.13. The molecule has 3 N–H and O–H groups in total. The van der Waals surface area contributed by atoms with E-state index < -0.39 is 0 Å². The van der Waals surface area contributed by atoms with Gasteiger partial charge in [-0.1, -0.05) is 30.3 Å². The van der Waals surface area contributed by atoms with Crippen LogP contribution >= 0.6 is 0 Å². The van der Waals surface area contributed by atoms with Gasteiger partial charge in [-0.05, 0) is 33.3 Å². The number of hydrazine groups is 1. The molecule has 0 spiro atoms. The number of amides is 1. The minimum atomic E-state index is -0.377. The van der Waals surface area contributed by atoms with Gasteiger partial charge >= 0.3 is 0 Å². The molecule has 1 aromatic rings. The third-order valence-corrected chi connectivity index (χ3v) is 4.30. The molecule has 0 aromatic heterocycles. The fourth-order valence-corrected chi connectivity index (χ4v) is 2.94.